The Morgan fingerprint density at radius 2 is 1.82 bits per heavy atom. The second-order valence-electron chi connectivity index (χ2n) is 6.60. The lowest BCUT2D eigenvalue weighted by Crippen LogP contribution is -2.27. The van der Waals surface area contributed by atoms with Gasteiger partial charge in [-0.1, -0.05) is 24.3 Å². The molecule has 1 atom stereocenters. The number of carbonyl (C=O) groups is 1. The summed E-state index contributed by atoms with van der Waals surface area (Å²) in [6, 6.07) is 17.1. The fourth-order valence-electron chi connectivity index (χ4n) is 3.46. The molecule has 1 aliphatic heterocycles. The molecule has 0 aliphatic carbocycles. The SMILES string of the molecule is O=C(c1ccccc1)N1N=C(c2ccsc2)C[C@H]1c1ccc2nccnc2c1. The minimum absolute atomic E-state index is 0.102. The standard InChI is InChI=1S/C22H16N4OS/c27-22(15-4-2-1-3-5-15)26-21(13-19(25-26)17-8-11-28-14-17)16-6-7-18-20(12-16)24-10-9-23-18/h1-12,14,21H,13H2/t21-/m0/s1. The molecular weight excluding hydrogens is 368 g/mol. The molecule has 1 amide bonds. The van der Waals surface area contributed by atoms with Crippen molar-refractivity contribution >= 4 is 34.0 Å². The van der Waals surface area contributed by atoms with Gasteiger partial charge in [-0.05, 0) is 46.7 Å². The molecule has 0 fully saturated rings. The maximum Gasteiger partial charge on any atom is 0.274 e. The van der Waals surface area contributed by atoms with E-state index in [-0.39, 0.29) is 11.9 Å². The fourth-order valence-corrected chi connectivity index (χ4v) is 4.13. The molecule has 0 saturated carbocycles. The number of carbonyl (C=O) groups excluding carboxylic acids is 1. The highest BCUT2D eigenvalue weighted by molar-refractivity contribution is 7.08. The fraction of sp³-hybridized carbons (Fsp3) is 0.0909. The van der Waals surface area contributed by atoms with E-state index in [0.717, 1.165) is 27.9 Å². The maximum atomic E-state index is 13.2. The third-order valence-corrected chi connectivity index (χ3v) is 5.55. The number of rotatable bonds is 3. The Morgan fingerprint density at radius 1 is 1.00 bits per heavy atom. The van der Waals surface area contributed by atoms with Gasteiger partial charge >= 0.3 is 0 Å². The monoisotopic (exact) mass is 384 g/mol. The third-order valence-electron chi connectivity index (χ3n) is 4.87. The molecule has 2 aromatic carbocycles. The van der Waals surface area contributed by atoms with Gasteiger partial charge in [-0.25, -0.2) is 5.01 Å². The van der Waals surface area contributed by atoms with E-state index in [1.54, 1.807) is 28.7 Å². The zero-order valence-corrected chi connectivity index (χ0v) is 15.7. The van der Waals surface area contributed by atoms with E-state index in [0.29, 0.717) is 12.0 Å². The van der Waals surface area contributed by atoms with Gasteiger partial charge in [0.15, 0.2) is 0 Å². The third kappa shape index (κ3) is 2.97. The Labute approximate surface area is 166 Å². The van der Waals surface area contributed by atoms with E-state index >= 15 is 0 Å². The van der Waals surface area contributed by atoms with E-state index in [4.69, 9.17) is 5.10 Å². The molecule has 136 valence electrons. The van der Waals surface area contributed by atoms with Crippen molar-refractivity contribution in [3.8, 4) is 0 Å². The van der Waals surface area contributed by atoms with E-state index < -0.39 is 0 Å². The number of hydrogen-bond donors (Lipinski definition) is 0. The first-order valence-corrected chi connectivity index (χ1v) is 9.93. The molecule has 0 radical (unpaired) electrons. The first-order valence-electron chi connectivity index (χ1n) is 8.99. The van der Waals surface area contributed by atoms with Crippen molar-refractivity contribution in [2.45, 2.75) is 12.5 Å². The van der Waals surface area contributed by atoms with Gasteiger partial charge in [0, 0.05) is 29.9 Å². The van der Waals surface area contributed by atoms with Crippen LogP contribution in [-0.2, 0) is 0 Å². The molecule has 0 spiro atoms. The van der Waals surface area contributed by atoms with Crippen LogP contribution in [0.15, 0.2) is 82.9 Å². The number of thiophene rings is 1. The number of nitrogens with zero attached hydrogens (tertiary/aromatic N) is 4. The number of aromatic nitrogens is 2. The largest absolute Gasteiger partial charge is 0.274 e. The highest BCUT2D eigenvalue weighted by atomic mass is 32.1. The van der Waals surface area contributed by atoms with Crippen molar-refractivity contribution < 1.29 is 4.79 Å². The molecule has 6 heteroatoms. The van der Waals surface area contributed by atoms with Crippen LogP contribution < -0.4 is 0 Å². The highest BCUT2D eigenvalue weighted by Crippen LogP contribution is 2.35. The van der Waals surface area contributed by atoms with Crippen molar-refractivity contribution in [3.63, 3.8) is 0 Å². The lowest BCUT2D eigenvalue weighted by molar-refractivity contribution is 0.0711. The highest BCUT2D eigenvalue weighted by Gasteiger charge is 2.34. The van der Waals surface area contributed by atoms with E-state index in [1.807, 2.05) is 60.0 Å². The molecular formula is C22H16N4OS. The average Bonchev–Trinajstić information content (AvgIpc) is 3.43. The van der Waals surface area contributed by atoms with Gasteiger partial charge in [0.05, 0.1) is 22.8 Å². The van der Waals surface area contributed by atoms with Gasteiger partial charge in [-0.2, -0.15) is 16.4 Å². The second-order valence-corrected chi connectivity index (χ2v) is 7.38. The molecule has 28 heavy (non-hydrogen) atoms. The molecule has 4 aromatic rings. The molecule has 0 unspecified atom stereocenters. The van der Waals surface area contributed by atoms with Gasteiger partial charge in [-0.15, -0.1) is 0 Å². The van der Waals surface area contributed by atoms with E-state index in [2.05, 4.69) is 15.3 Å². The summed E-state index contributed by atoms with van der Waals surface area (Å²) in [5.41, 5.74) is 5.28. The van der Waals surface area contributed by atoms with E-state index in [9.17, 15) is 4.79 Å². The zero-order chi connectivity index (χ0) is 18.9. The summed E-state index contributed by atoms with van der Waals surface area (Å²) in [4.78, 5) is 21.9. The van der Waals surface area contributed by atoms with Crippen LogP contribution in [0.2, 0.25) is 0 Å². The molecule has 2 aromatic heterocycles. The van der Waals surface area contributed by atoms with Crippen LogP contribution in [0, 0.1) is 0 Å². The topological polar surface area (TPSA) is 58.5 Å². The summed E-state index contributed by atoms with van der Waals surface area (Å²) in [6.45, 7) is 0. The van der Waals surface area contributed by atoms with Crippen LogP contribution in [0.5, 0.6) is 0 Å². The van der Waals surface area contributed by atoms with Gasteiger partial charge in [0.2, 0.25) is 0 Å². The van der Waals surface area contributed by atoms with Crippen LogP contribution in [-0.4, -0.2) is 26.6 Å². The van der Waals surface area contributed by atoms with Crippen molar-refractivity contribution in [3.05, 3.63) is 94.4 Å². The van der Waals surface area contributed by atoms with Crippen molar-refractivity contribution in [2.24, 2.45) is 5.10 Å². The maximum absolute atomic E-state index is 13.2. The summed E-state index contributed by atoms with van der Waals surface area (Å²) in [5.74, 6) is -0.102. The van der Waals surface area contributed by atoms with Crippen LogP contribution in [0.25, 0.3) is 11.0 Å². The predicted octanol–water partition coefficient (Wildman–Crippen LogP) is 4.68. The van der Waals surface area contributed by atoms with Crippen LogP contribution in [0.3, 0.4) is 0 Å². The normalized spacial score (nSPS) is 16.4. The van der Waals surface area contributed by atoms with Gasteiger partial charge in [0.1, 0.15) is 0 Å². The Morgan fingerprint density at radius 3 is 2.61 bits per heavy atom. The smallest absolute Gasteiger partial charge is 0.267 e. The lowest BCUT2D eigenvalue weighted by Gasteiger charge is -2.22. The van der Waals surface area contributed by atoms with Crippen LogP contribution in [0.1, 0.15) is 33.9 Å². The molecule has 0 bridgehead atoms. The van der Waals surface area contributed by atoms with Crippen molar-refractivity contribution in [2.75, 3.05) is 0 Å². The minimum Gasteiger partial charge on any atom is -0.267 e. The number of fused-ring (bicyclic) bond motifs is 1. The predicted molar refractivity (Wildman–Crippen MR) is 110 cm³/mol. The van der Waals surface area contributed by atoms with Crippen LogP contribution >= 0.6 is 11.3 Å². The van der Waals surface area contributed by atoms with Gasteiger partial charge < -0.3 is 0 Å². The number of amides is 1. The van der Waals surface area contributed by atoms with Gasteiger partial charge in [0.25, 0.3) is 5.91 Å². The first-order chi connectivity index (χ1) is 13.8. The van der Waals surface area contributed by atoms with Gasteiger partial charge in [-0.3, -0.25) is 14.8 Å². The Bertz CT molecular complexity index is 1170. The molecule has 0 N–H and O–H groups in total. The summed E-state index contributed by atoms with van der Waals surface area (Å²) < 4.78 is 0. The number of hydrazone groups is 1. The number of hydrogen-bond acceptors (Lipinski definition) is 5. The van der Waals surface area contributed by atoms with Crippen molar-refractivity contribution in [1.82, 2.24) is 15.0 Å². The summed E-state index contributed by atoms with van der Waals surface area (Å²) in [7, 11) is 0. The zero-order valence-electron chi connectivity index (χ0n) is 14.9. The Kier molecular flexibility index (Phi) is 4.18. The summed E-state index contributed by atoms with van der Waals surface area (Å²) >= 11 is 1.63. The quantitative estimate of drug-likeness (QED) is 0.515. The van der Waals surface area contributed by atoms with Crippen molar-refractivity contribution in [1.29, 1.82) is 0 Å². The Balaban J connectivity index is 1.57. The summed E-state index contributed by atoms with van der Waals surface area (Å²) in [5, 5.41) is 10.4. The first kappa shape index (κ1) is 16.8. The lowest BCUT2D eigenvalue weighted by atomic mass is 9.98. The molecule has 3 heterocycles. The van der Waals surface area contributed by atoms with E-state index in [1.165, 1.54) is 0 Å². The molecule has 1 aliphatic rings. The molecule has 5 rings (SSSR count). The minimum atomic E-state index is -0.172. The average molecular weight is 384 g/mol. The number of benzene rings is 2. The summed E-state index contributed by atoms with van der Waals surface area (Å²) in [6.07, 6.45) is 4.03. The second kappa shape index (κ2) is 6.98. The van der Waals surface area contributed by atoms with Crippen LogP contribution in [0.4, 0.5) is 0 Å². The molecule has 5 nitrogen and oxygen atoms in total. The Hall–Kier alpha value is -3.38. The molecule has 0 saturated heterocycles.